The number of amides is 1. The minimum absolute atomic E-state index is 0.00682. The van der Waals surface area contributed by atoms with E-state index in [4.69, 9.17) is 0 Å². The molecule has 2 heterocycles. The predicted molar refractivity (Wildman–Crippen MR) is 98.8 cm³/mol. The number of aryl methyl sites for hydroxylation is 1. The number of aromatic nitrogens is 1. The maximum Gasteiger partial charge on any atom is 0.226 e. The lowest BCUT2D eigenvalue weighted by molar-refractivity contribution is -0.116. The Labute approximate surface area is 148 Å². The highest BCUT2D eigenvalue weighted by Crippen LogP contribution is 2.25. The molecule has 2 aromatic heterocycles. The lowest BCUT2D eigenvalue weighted by atomic mass is 10.2. The summed E-state index contributed by atoms with van der Waals surface area (Å²) in [6, 6.07) is 13.5. The summed E-state index contributed by atoms with van der Waals surface area (Å²) in [6.45, 7) is 1.96. The largest absolute Gasteiger partial charge is 0.302 e. The molecule has 24 heavy (non-hydrogen) atoms. The van der Waals surface area contributed by atoms with Crippen molar-refractivity contribution in [3.63, 3.8) is 0 Å². The Morgan fingerprint density at radius 3 is 2.58 bits per heavy atom. The molecule has 0 atom stereocenters. The van der Waals surface area contributed by atoms with Crippen LogP contribution in [0.1, 0.15) is 27.4 Å². The Balaban J connectivity index is 1.54. The number of nitrogens with zero attached hydrogens (tertiary/aromatic N) is 1. The second-order valence-corrected chi connectivity index (χ2v) is 7.43. The number of carbonyl (C=O) groups excluding carboxylic acids is 2. The van der Waals surface area contributed by atoms with Gasteiger partial charge < -0.3 is 5.32 Å². The number of nitrogens with one attached hydrogen (secondary N) is 1. The fourth-order valence-corrected chi connectivity index (χ4v) is 3.76. The van der Waals surface area contributed by atoms with Crippen molar-refractivity contribution in [2.24, 2.45) is 0 Å². The maximum atomic E-state index is 12.0. The average molecular weight is 356 g/mol. The standard InChI is InChI=1S/C18H16N2O2S2/c1-12-7-9-16(24-12)15(21)8-10-17(22)20-18-19-14(11-23-18)13-5-3-2-4-6-13/h2-7,9,11H,8,10H2,1H3,(H,19,20,22). The van der Waals surface area contributed by atoms with Crippen molar-refractivity contribution in [3.8, 4) is 11.3 Å². The second-order valence-electron chi connectivity index (χ2n) is 5.29. The van der Waals surface area contributed by atoms with E-state index in [0.717, 1.165) is 16.1 Å². The number of hydrogen-bond acceptors (Lipinski definition) is 5. The highest BCUT2D eigenvalue weighted by Gasteiger charge is 2.12. The van der Waals surface area contributed by atoms with Gasteiger partial charge in [-0.15, -0.1) is 22.7 Å². The molecule has 3 aromatic rings. The molecule has 0 aliphatic carbocycles. The Kier molecular flexibility index (Phi) is 5.17. The number of Topliss-reactive ketones (excluding diaryl/α,β-unsaturated/α-hetero) is 1. The van der Waals surface area contributed by atoms with E-state index in [2.05, 4.69) is 10.3 Å². The summed E-state index contributed by atoms with van der Waals surface area (Å²) in [7, 11) is 0. The van der Waals surface area contributed by atoms with E-state index in [9.17, 15) is 9.59 Å². The fraction of sp³-hybridized carbons (Fsp3) is 0.167. The van der Waals surface area contributed by atoms with Gasteiger partial charge in [-0.1, -0.05) is 30.3 Å². The zero-order chi connectivity index (χ0) is 16.9. The summed E-state index contributed by atoms with van der Waals surface area (Å²) < 4.78 is 0. The van der Waals surface area contributed by atoms with Gasteiger partial charge in [0.25, 0.3) is 0 Å². The van der Waals surface area contributed by atoms with Gasteiger partial charge in [0.15, 0.2) is 10.9 Å². The topological polar surface area (TPSA) is 59.1 Å². The maximum absolute atomic E-state index is 12.0. The van der Waals surface area contributed by atoms with E-state index < -0.39 is 0 Å². The average Bonchev–Trinajstić information content (AvgIpc) is 3.23. The Morgan fingerprint density at radius 1 is 1.08 bits per heavy atom. The van der Waals surface area contributed by atoms with Crippen LogP contribution in [0.3, 0.4) is 0 Å². The Hall–Kier alpha value is -2.31. The fourth-order valence-electron chi connectivity index (χ4n) is 2.19. The van der Waals surface area contributed by atoms with E-state index in [0.29, 0.717) is 10.0 Å². The van der Waals surface area contributed by atoms with Crippen LogP contribution in [0.5, 0.6) is 0 Å². The molecule has 122 valence electrons. The molecular formula is C18H16N2O2S2. The molecular weight excluding hydrogens is 340 g/mol. The van der Waals surface area contributed by atoms with Gasteiger partial charge in [-0.2, -0.15) is 0 Å². The number of thiophene rings is 1. The van der Waals surface area contributed by atoms with Crippen LogP contribution in [0.25, 0.3) is 11.3 Å². The smallest absolute Gasteiger partial charge is 0.226 e. The monoisotopic (exact) mass is 356 g/mol. The number of ketones is 1. The SMILES string of the molecule is Cc1ccc(C(=O)CCC(=O)Nc2nc(-c3ccccc3)cs2)s1. The summed E-state index contributed by atoms with van der Waals surface area (Å²) >= 11 is 2.84. The highest BCUT2D eigenvalue weighted by molar-refractivity contribution is 7.14. The third-order valence-electron chi connectivity index (χ3n) is 3.41. The van der Waals surface area contributed by atoms with Crippen molar-refractivity contribution in [2.45, 2.75) is 19.8 Å². The molecule has 0 aliphatic rings. The van der Waals surface area contributed by atoms with E-state index in [1.165, 1.54) is 22.7 Å². The molecule has 1 aromatic carbocycles. The lowest BCUT2D eigenvalue weighted by Crippen LogP contribution is -2.13. The molecule has 1 amide bonds. The zero-order valence-electron chi connectivity index (χ0n) is 13.1. The number of thiazole rings is 1. The first-order valence-electron chi connectivity index (χ1n) is 7.52. The van der Waals surface area contributed by atoms with Gasteiger partial charge in [0, 0.05) is 28.7 Å². The molecule has 6 heteroatoms. The quantitative estimate of drug-likeness (QED) is 0.647. The van der Waals surface area contributed by atoms with Crippen molar-refractivity contribution >= 4 is 39.5 Å². The van der Waals surface area contributed by atoms with Crippen molar-refractivity contribution < 1.29 is 9.59 Å². The van der Waals surface area contributed by atoms with E-state index in [-0.39, 0.29) is 24.5 Å². The number of rotatable bonds is 6. The summed E-state index contributed by atoms with van der Waals surface area (Å²) in [5.74, 6) is -0.182. The normalized spacial score (nSPS) is 10.5. The number of carbonyl (C=O) groups is 2. The van der Waals surface area contributed by atoms with Crippen molar-refractivity contribution in [1.29, 1.82) is 0 Å². The summed E-state index contributed by atoms with van der Waals surface area (Å²) in [6.07, 6.45) is 0.374. The molecule has 0 radical (unpaired) electrons. The molecule has 0 bridgehead atoms. The zero-order valence-corrected chi connectivity index (χ0v) is 14.7. The van der Waals surface area contributed by atoms with Gasteiger partial charge in [-0.3, -0.25) is 9.59 Å². The number of benzene rings is 1. The van der Waals surface area contributed by atoms with Gasteiger partial charge in [-0.05, 0) is 19.1 Å². The summed E-state index contributed by atoms with van der Waals surface area (Å²) in [4.78, 5) is 30.2. The van der Waals surface area contributed by atoms with Gasteiger partial charge in [0.2, 0.25) is 5.91 Å². The van der Waals surface area contributed by atoms with Gasteiger partial charge in [0.05, 0.1) is 10.6 Å². The van der Waals surface area contributed by atoms with Crippen LogP contribution in [0.15, 0.2) is 47.8 Å². The first-order valence-corrected chi connectivity index (χ1v) is 9.22. The summed E-state index contributed by atoms with van der Waals surface area (Å²) in [5.41, 5.74) is 1.85. The molecule has 4 nitrogen and oxygen atoms in total. The molecule has 0 fully saturated rings. The predicted octanol–water partition coefficient (Wildman–Crippen LogP) is 4.78. The molecule has 0 unspecified atom stereocenters. The van der Waals surface area contributed by atoms with Crippen LogP contribution in [-0.4, -0.2) is 16.7 Å². The van der Waals surface area contributed by atoms with Crippen LogP contribution in [0, 0.1) is 6.92 Å². The first-order chi connectivity index (χ1) is 11.6. The Morgan fingerprint density at radius 2 is 1.88 bits per heavy atom. The second kappa shape index (κ2) is 7.51. The lowest BCUT2D eigenvalue weighted by Gasteiger charge is -2.01. The molecule has 1 N–H and O–H groups in total. The highest BCUT2D eigenvalue weighted by atomic mass is 32.1. The third-order valence-corrected chi connectivity index (χ3v) is 5.21. The molecule has 0 spiro atoms. The van der Waals surface area contributed by atoms with Gasteiger partial charge >= 0.3 is 0 Å². The first kappa shape index (κ1) is 16.5. The molecule has 3 rings (SSSR count). The minimum Gasteiger partial charge on any atom is -0.302 e. The van der Waals surface area contributed by atoms with E-state index in [1.54, 1.807) is 0 Å². The number of anilines is 1. The number of hydrogen-bond donors (Lipinski definition) is 1. The van der Waals surface area contributed by atoms with E-state index >= 15 is 0 Å². The van der Waals surface area contributed by atoms with Crippen LogP contribution in [0.4, 0.5) is 5.13 Å². The molecule has 0 saturated heterocycles. The van der Waals surface area contributed by atoms with E-state index in [1.807, 2.05) is 54.8 Å². The summed E-state index contributed by atoms with van der Waals surface area (Å²) in [5, 5.41) is 5.22. The third kappa shape index (κ3) is 4.15. The van der Waals surface area contributed by atoms with Crippen LogP contribution in [0.2, 0.25) is 0 Å². The van der Waals surface area contributed by atoms with Gasteiger partial charge in [-0.25, -0.2) is 4.98 Å². The van der Waals surface area contributed by atoms with Crippen molar-refractivity contribution in [1.82, 2.24) is 4.98 Å². The molecule has 0 saturated carbocycles. The van der Waals surface area contributed by atoms with Crippen LogP contribution in [-0.2, 0) is 4.79 Å². The van der Waals surface area contributed by atoms with Crippen LogP contribution >= 0.6 is 22.7 Å². The Bertz CT molecular complexity index is 853. The van der Waals surface area contributed by atoms with Crippen LogP contribution < -0.4 is 5.32 Å². The minimum atomic E-state index is -0.189. The van der Waals surface area contributed by atoms with Gasteiger partial charge in [0.1, 0.15) is 0 Å². The van der Waals surface area contributed by atoms with Crippen molar-refractivity contribution in [3.05, 3.63) is 57.6 Å². The van der Waals surface area contributed by atoms with Crippen molar-refractivity contribution in [2.75, 3.05) is 5.32 Å². The molecule has 0 aliphatic heterocycles.